The predicted molar refractivity (Wildman–Crippen MR) is 73.6 cm³/mol. The van der Waals surface area contributed by atoms with E-state index in [-0.39, 0.29) is 25.3 Å². The predicted octanol–water partition coefficient (Wildman–Crippen LogP) is -1.18. The van der Waals surface area contributed by atoms with Gasteiger partial charge >= 0.3 is 0 Å². The highest BCUT2D eigenvalue weighted by molar-refractivity contribution is 6.23. The third kappa shape index (κ3) is 14.4. The molecular weight excluding hydrogens is 280 g/mol. The molecule has 0 radical (unpaired) electrons. The van der Waals surface area contributed by atoms with Crippen LogP contribution in [0.5, 0.6) is 0 Å². The first-order valence-corrected chi connectivity index (χ1v) is 6.79. The molecule has 2 amide bonds. The second-order valence-electron chi connectivity index (χ2n) is 4.11. The maximum atomic E-state index is 11.0. The monoisotopic (exact) mass is 302 g/mol. The molecule has 0 aromatic heterocycles. The van der Waals surface area contributed by atoms with E-state index in [0.29, 0.717) is 32.7 Å². The number of hydrogen-bond acceptors (Lipinski definition) is 6. The number of amides is 2. The van der Waals surface area contributed by atoms with Crippen molar-refractivity contribution in [2.45, 2.75) is 19.3 Å². The molecule has 2 N–H and O–H groups in total. The van der Waals surface area contributed by atoms with Gasteiger partial charge in [0.1, 0.15) is 12.9 Å². The Labute approximate surface area is 123 Å². The number of nitrogens with one attached hydrogen (secondary N) is 2. The minimum absolute atomic E-state index is 0.00678. The lowest BCUT2D eigenvalue weighted by atomic mass is 10.2. The Morgan fingerprint density at radius 3 is 2.29 bits per heavy atom. The van der Waals surface area contributed by atoms with Crippen LogP contribution in [0.3, 0.4) is 0 Å². The van der Waals surface area contributed by atoms with Gasteiger partial charge in [-0.15, -0.1) is 0 Å². The Morgan fingerprint density at radius 2 is 1.62 bits per heavy atom. The Morgan fingerprint density at radius 1 is 0.905 bits per heavy atom. The highest BCUT2D eigenvalue weighted by Crippen LogP contribution is 1.96. The lowest BCUT2D eigenvalue weighted by Crippen LogP contribution is -2.29. The summed E-state index contributed by atoms with van der Waals surface area (Å²) in [5.74, 6) is -0.948. The summed E-state index contributed by atoms with van der Waals surface area (Å²) in [5.41, 5.74) is 0. The van der Waals surface area contributed by atoms with Crippen LogP contribution in [0, 0.1) is 0 Å². The molecule has 0 fully saturated rings. The van der Waals surface area contributed by atoms with Crippen LogP contribution in [0.1, 0.15) is 19.3 Å². The molecule has 0 heterocycles. The van der Waals surface area contributed by atoms with Crippen molar-refractivity contribution in [3.8, 4) is 0 Å². The van der Waals surface area contributed by atoms with E-state index in [2.05, 4.69) is 10.6 Å². The lowest BCUT2D eigenvalue weighted by Gasteiger charge is -2.05. The van der Waals surface area contributed by atoms with Crippen molar-refractivity contribution < 1.29 is 28.7 Å². The summed E-state index contributed by atoms with van der Waals surface area (Å²) in [5, 5.41) is 4.74. The zero-order valence-corrected chi connectivity index (χ0v) is 12.0. The van der Waals surface area contributed by atoms with Gasteiger partial charge in [0, 0.05) is 19.8 Å². The summed E-state index contributed by atoms with van der Waals surface area (Å²) in [7, 11) is 0. The molecule has 0 aliphatic rings. The van der Waals surface area contributed by atoms with E-state index in [1.807, 2.05) is 0 Å². The van der Waals surface area contributed by atoms with Crippen molar-refractivity contribution in [2.75, 3.05) is 39.5 Å². The van der Waals surface area contributed by atoms with E-state index >= 15 is 0 Å². The van der Waals surface area contributed by atoms with Crippen molar-refractivity contribution in [1.82, 2.24) is 10.6 Å². The first-order valence-electron chi connectivity index (χ1n) is 6.79. The van der Waals surface area contributed by atoms with Crippen molar-refractivity contribution in [3.63, 3.8) is 0 Å². The number of aldehydes is 2. The Bertz CT molecular complexity index is 322. The lowest BCUT2D eigenvalue weighted by molar-refractivity contribution is -0.131. The van der Waals surface area contributed by atoms with E-state index in [1.165, 1.54) is 0 Å². The van der Waals surface area contributed by atoms with Gasteiger partial charge in [0.05, 0.1) is 13.2 Å². The van der Waals surface area contributed by atoms with E-state index in [1.54, 1.807) is 0 Å². The van der Waals surface area contributed by atoms with Gasteiger partial charge in [0.25, 0.3) is 5.91 Å². The van der Waals surface area contributed by atoms with E-state index in [4.69, 9.17) is 9.47 Å². The summed E-state index contributed by atoms with van der Waals surface area (Å²) in [6.07, 6.45) is 3.40. The fourth-order valence-electron chi connectivity index (χ4n) is 1.35. The molecule has 21 heavy (non-hydrogen) atoms. The molecule has 0 aliphatic heterocycles. The maximum Gasteiger partial charge on any atom is 0.284 e. The smallest absolute Gasteiger partial charge is 0.284 e. The number of unbranched alkanes of at least 4 members (excludes halogenated alkanes) is 2. The molecule has 0 saturated heterocycles. The van der Waals surface area contributed by atoms with Gasteiger partial charge in [-0.3, -0.25) is 14.4 Å². The normalized spacial score (nSPS) is 9.90. The minimum Gasteiger partial charge on any atom is -0.380 e. The van der Waals surface area contributed by atoms with Gasteiger partial charge in [-0.1, -0.05) is 0 Å². The zero-order chi connectivity index (χ0) is 15.8. The molecule has 120 valence electrons. The van der Waals surface area contributed by atoms with E-state index < -0.39 is 5.91 Å². The second kappa shape index (κ2) is 14.6. The topological polar surface area (TPSA) is 111 Å². The van der Waals surface area contributed by atoms with Crippen LogP contribution >= 0.6 is 0 Å². The van der Waals surface area contributed by atoms with Gasteiger partial charge < -0.3 is 24.9 Å². The number of ether oxygens (including phenoxy) is 2. The zero-order valence-electron chi connectivity index (χ0n) is 12.0. The molecule has 0 aromatic rings. The first-order chi connectivity index (χ1) is 10.2. The molecular formula is C13H22N2O6. The van der Waals surface area contributed by atoms with Crippen LogP contribution in [-0.4, -0.2) is 63.9 Å². The molecule has 0 saturated carbocycles. The molecule has 0 atom stereocenters. The third-order valence-corrected chi connectivity index (χ3v) is 2.35. The highest BCUT2D eigenvalue weighted by Gasteiger charge is 1.99. The second-order valence-corrected chi connectivity index (χ2v) is 4.11. The molecule has 0 aromatic carbocycles. The summed E-state index contributed by atoms with van der Waals surface area (Å²) in [4.78, 5) is 41.6. The Kier molecular flexibility index (Phi) is 13.4. The largest absolute Gasteiger partial charge is 0.380 e. The van der Waals surface area contributed by atoms with Crippen LogP contribution < -0.4 is 10.6 Å². The van der Waals surface area contributed by atoms with Gasteiger partial charge in [-0.2, -0.15) is 0 Å². The van der Waals surface area contributed by atoms with Crippen LogP contribution in [0.15, 0.2) is 0 Å². The Hall–Kier alpha value is -1.80. The van der Waals surface area contributed by atoms with Gasteiger partial charge in [-0.05, 0) is 19.3 Å². The standard InChI is InChI=1S/C13H22N2O6/c16-6-4-14-13(19)11-21-8-3-1-2-7-20-9-5-15-12(18)10-17/h6,10H,1-5,7-9,11H2,(H,14,19)(H,15,18). The molecule has 8 heteroatoms. The Balaban J connectivity index is 3.15. The van der Waals surface area contributed by atoms with Gasteiger partial charge in [0.2, 0.25) is 12.2 Å². The first kappa shape index (κ1) is 19.2. The molecule has 0 aliphatic carbocycles. The average Bonchev–Trinajstić information content (AvgIpc) is 2.50. The fourth-order valence-corrected chi connectivity index (χ4v) is 1.35. The average molecular weight is 302 g/mol. The quantitative estimate of drug-likeness (QED) is 0.237. The SMILES string of the molecule is O=CCNC(=O)COCCCCCOCCNC(=O)C=O. The highest BCUT2D eigenvalue weighted by atomic mass is 16.5. The molecule has 0 unspecified atom stereocenters. The minimum atomic E-state index is -0.645. The van der Waals surface area contributed by atoms with E-state index in [9.17, 15) is 19.2 Å². The van der Waals surface area contributed by atoms with Crippen LogP contribution in [0.2, 0.25) is 0 Å². The summed E-state index contributed by atoms with van der Waals surface area (Å²) >= 11 is 0. The van der Waals surface area contributed by atoms with Crippen molar-refractivity contribution in [3.05, 3.63) is 0 Å². The van der Waals surface area contributed by atoms with Crippen LogP contribution in [0.25, 0.3) is 0 Å². The van der Waals surface area contributed by atoms with Crippen molar-refractivity contribution in [2.24, 2.45) is 0 Å². The van der Waals surface area contributed by atoms with Crippen molar-refractivity contribution in [1.29, 1.82) is 0 Å². The number of carbonyl (C=O) groups excluding carboxylic acids is 4. The molecule has 8 nitrogen and oxygen atoms in total. The van der Waals surface area contributed by atoms with Crippen LogP contribution in [-0.2, 0) is 28.7 Å². The van der Waals surface area contributed by atoms with Crippen LogP contribution in [0.4, 0.5) is 0 Å². The maximum absolute atomic E-state index is 11.0. The fraction of sp³-hybridized carbons (Fsp3) is 0.692. The number of rotatable bonds is 14. The molecule has 0 rings (SSSR count). The summed E-state index contributed by atoms with van der Waals surface area (Å²) in [6.45, 7) is 1.69. The van der Waals surface area contributed by atoms with Crippen molar-refractivity contribution >= 4 is 24.4 Å². The molecule has 0 spiro atoms. The summed E-state index contributed by atoms with van der Waals surface area (Å²) in [6, 6.07) is 0. The van der Waals surface area contributed by atoms with Gasteiger partial charge in [-0.25, -0.2) is 0 Å². The van der Waals surface area contributed by atoms with E-state index in [0.717, 1.165) is 19.3 Å². The number of hydrogen-bond donors (Lipinski definition) is 2. The number of carbonyl (C=O) groups is 4. The van der Waals surface area contributed by atoms with Gasteiger partial charge in [0.15, 0.2) is 0 Å². The summed E-state index contributed by atoms with van der Waals surface area (Å²) < 4.78 is 10.4. The molecule has 0 bridgehead atoms. The third-order valence-electron chi connectivity index (χ3n) is 2.35.